The van der Waals surface area contributed by atoms with Crippen molar-refractivity contribution in [3.63, 3.8) is 0 Å². The number of rotatable bonds is 4. The van der Waals surface area contributed by atoms with Crippen molar-refractivity contribution in [2.75, 3.05) is 0 Å². The number of nitrogens with zero attached hydrogens (tertiary/aromatic N) is 6. The molecule has 0 atom stereocenters. The number of aromatic nitrogens is 4. The SMILES string of the molecule is Clc1cc([N-]c2cccc3cccnc23)c2ncc3ccccc3c2c1.Clc1cc([N-]c2cccc3cccnc23)c2ncc3ccccc3c2c1.[Ni+2]. The van der Waals surface area contributed by atoms with Gasteiger partial charge in [-0.2, -0.15) is 0 Å². The minimum Gasteiger partial charge on any atom is -0.654 e. The Bertz CT molecular complexity index is 2760. The summed E-state index contributed by atoms with van der Waals surface area (Å²) in [5.74, 6) is 0. The van der Waals surface area contributed by atoms with Gasteiger partial charge in [-0.15, -0.1) is 22.7 Å². The molecule has 6 aromatic carbocycles. The summed E-state index contributed by atoms with van der Waals surface area (Å²) in [6.45, 7) is 0. The fourth-order valence-corrected chi connectivity index (χ4v) is 7.04. The van der Waals surface area contributed by atoms with E-state index in [1.54, 1.807) is 12.4 Å². The molecule has 4 aromatic heterocycles. The van der Waals surface area contributed by atoms with Gasteiger partial charge < -0.3 is 10.6 Å². The first-order chi connectivity index (χ1) is 25.6. The molecule has 0 fully saturated rings. The van der Waals surface area contributed by atoms with Gasteiger partial charge in [0.1, 0.15) is 0 Å². The first-order valence-electron chi connectivity index (χ1n) is 16.6. The molecule has 0 amide bonds. The summed E-state index contributed by atoms with van der Waals surface area (Å²) in [7, 11) is 0. The maximum atomic E-state index is 6.41. The van der Waals surface area contributed by atoms with E-state index in [1.165, 1.54) is 0 Å². The van der Waals surface area contributed by atoms with E-state index in [-0.39, 0.29) is 16.5 Å². The van der Waals surface area contributed by atoms with Gasteiger partial charge in [-0.1, -0.05) is 132 Å². The Morgan fingerprint density at radius 2 is 0.774 bits per heavy atom. The van der Waals surface area contributed by atoms with E-state index in [1.807, 2.05) is 134 Å². The molecule has 0 unspecified atom stereocenters. The molecule has 9 heteroatoms. The van der Waals surface area contributed by atoms with Crippen LogP contribution in [-0.2, 0) is 16.5 Å². The third-order valence-electron chi connectivity index (χ3n) is 8.98. The van der Waals surface area contributed by atoms with Crippen LogP contribution >= 0.6 is 23.2 Å². The fourth-order valence-electron chi connectivity index (χ4n) is 6.62. The number of pyridine rings is 4. The van der Waals surface area contributed by atoms with Gasteiger partial charge in [-0.3, -0.25) is 19.9 Å². The second kappa shape index (κ2) is 14.6. The topological polar surface area (TPSA) is 79.8 Å². The normalized spacial score (nSPS) is 11.1. The van der Waals surface area contributed by atoms with Crippen molar-refractivity contribution in [2.45, 2.75) is 0 Å². The second-order valence-electron chi connectivity index (χ2n) is 12.3. The minimum absolute atomic E-state index is 0. The Kier molecular flexibility index (Phi) is 9.47. The van der Waals surface area contributed by atoms with Gasteiger partial charge >= 0.3 is 16.5 Å². The number of hydrogen-bond donors (Lipinski definition) is 0. The number of fused-ring (bicyclic) bond motifs is 8. The summed E-state index contributed by atoms with van der Waals surface area (Å²) < 4.78 is 0. The van der Waals surface area contributed by atoms with Crippen molar-refractivity contribution in [3.8, 4) is 0 Å². The fraction of sp³-hybridized carbons (Fsp3) is 0. The molecule has 0 N–H and O–H groups in total. The molecule has 4 heterocycles. The second-order valence-corrected chi connectivity index (χ2v) is 13.1. The van der Waals surface area contributed by atoms with Crippen LogP contribution in [0, 0.1) is 0 Å². The van der Waals surface area contributed by atoms with Crippen LogP contribution in [0.2, 0.25) is 10.0 Å². The molecular weight excluding hydrogens is 742 g/mol. The van der Waals surface area contributed by atoms with Crippen LogP contribution < -0.4 is 0 Å². The zero-order chi connectivity index (χ0) is 35.0. The molecule has 6 nitrogen and oxygen atoms in total. The molecule has 10 rings (SSSR count). The Balaban J connectivity index is 0.000000148. The van der Waals surface area contributed by atoms with Gasteiger partial charge in [0.2, 0.25) is 0 Å². The molecule has 256 valence electrons. The van der Waals surface area contributed by atoms with Crippen molar-refractivity contribution in [1.29, 1.82) is 0 Å². The van der Waals surface area contributed by atoms with Gasteiger partial charge in [0.05, 0.1) is 22.1 Å². The minimum atomic E-state index is 0. The molecule has 0 saturated carbocycles. The third-order valence-corrected chi connectivity index (χ3v) is 9.42. The predicted molar refractivity (Wildman–Crippen MR) is 217 cm³/mol. The van der Waals surface area contributed by atoms with Gasteiger partial charge in [0, 0.05) is 56.4 Å². The number of halogens is 2. The molecule has 0 spiro atoms. The Hall–Kier alpha value is -5.85. The zero-order valence-electron chi connectivity index (χ0n) is 27.8. The zero-order valence-corrected chi connectivity index (χ0v) is 30.3. The van der Waals surface area contributed by atoms with Gasteiger partial charge in [-0.05, 0) is 45.8 Å². The molecular formula is C44H26Cl2N6Ni. The largest absolute Gasteiger partial charge is 2.00 e. The van der Waals surface area contributed by atoms with Crippen molar-refractivity contribution >= 4 is 111 Å². The Labute approximate surface area is 324 Å². The number of para-hydroxylation sites is 2. The average molecular weight is 768 g/mol. The summed E-state index contributed by atoms with van der Waals surface area (Å²) in [5, 5.41) is 19.5. The third kappa shape index (κ3) is 6.67. The standard InChI is InChI=1S/2C22H13ClN3.Ni/c2*23-16-11-18-17-8-2-1-5-15(17)13-25-22(18)20(12-16)26-19-9-3-6-14-7-4-10-24-21(14)19;/h2*1-13H;/q2*-1;+2. The van der Waals surface area contributed by atoms with Crippen LogP contribution in [0.1, 0.15) is 0 Å². The molecule has 0 aliphatic carbocycles. The van der Waals surface area contributed by atoms with Crippen molar-refractivity contribution < 1.29 is 16.5 Å². The van der Waals surface area contributed by atoms with Gasteiger partial charge in [0.25, 0.3) is 0 Å². The summed E-state index contributed by atoms with van der Waals surface area (Å²) in [4.78, 5) is 18.3. The van der Waals surface area contributed by atoms with Crippen molar-refractivity contribution in [3.05, 3.63) is 179 Å². The summed E-state index contributed by atoms with van der Waals surface area (Å²) in [5.41, 5.74) is 6.51. The number of hydrogen-bond acceptors (Lipinski definition) is 4. The monoisotopic (exact) mass is 766 g/mol. The van der Waals surface area contributed by atoms with E-state index in [2.05, 4.69) is 32.1 Å². The van der Waals surface area contributed by atoms with Crippen LogP contribution in [0.25, 0.3) is 75.8 Å². The Morgan fingerprint density at radius 3 is 1.25 bits per heavy atom. The number of benzene rings is 6. The van der Waals surface area contributed by atoms with E-state index >= 15 is 0 Å². The van der Waals surface area contributed by atoms with Gasteiger partial charge in [-0.25, -0.2) is 0 Å². The summed E-state index contributed by atoms with van der Waals surface area (Å²) in [6, 6.07) is 43.8. The summed E-state index contributed by atoms with van der Waals surface area (Å²) in [6.07, 6.45) is 7.32. The van der Waals surface area contributed by atoms with Crippen LogP contribution in [0.15, 0.2) is 158 Å². The van der Waals surface area contributed by atoms with Crippen LogP contribution in [-0.4, -0.2) is 19.9 Å². The van der Waals surface area contributed by atoms with E-state index in [9.17, 15) is 0 Å². The van der Waals surface area contributed by atoms with Crippen molar-refractivity contribution in [2.24, 2.45) is 0 Å². The van der Waals surface area contributed by atoms with Crippen LogP contribution in [0.4, 0.5) is 22.7 Å². The van der Waals surface area contributed by atoms with Crippen LogP contribution in [0.5, 0.6) is 0 Å². The van der Waals surface area contributed by atoms with Crippen molar-refractivity contribution in [1.82, 2.24) is 19.9 Å². The molecule has 53 heavy (non-hydrogen) atoms. The molecule has 0 aliphatic heterocycles. The smallest absolute Gasteiger partial charge is 0.654 e. The molecule has 0 bridgehead atoms. The Morgan fingerprint density at radius 1 is 0.358 bits per heavy atom. The first kappa shape index (κ1) is 34.3. The van der Waals surface area contributed by atoms with Crippen LogP contribution in [0.3, 0.4) is 0 Å². The molecule has 0 aliphatic rings. The van der Waals surface area contributed by atoms with E-state index in [4.69, 9.17) is 33.8 Å². The average Bonchev–Trinajstić information content (AvgIpc) is 3.18. The maximum Gasteiger partial charge on any atom is 2.00 e. The predicted octanol–water partition coefficient (Wildman–Crippen LogP) is 13.9. The van der Waals surface area contributed by atoms with E-state index in [0.29, 0.717) is 10.0 Å². The first-order valence-corrected chi connectivity index (χ1v) is 17.4. The quantitative estimate of drug-likeness (QED) is 0.132. The van der Waals surface area contributed by atoms with E-state index in [0.717, 1.165) is 87.9 Å². The van der Waals surface area contributed by atoms with E-state index < -0.39 is 0 Å². The van der Waals surface area contributed by atoms with Gasteiger partial charge in [0.15, 0.2) is 0 Å². The molecule has 0 radical (unpaired) electrons. The maximum absolute atomic E-state index is 6.41. The molecule has 10 aromatic rings. The summed E-state index contributed by atoms with van der Waals surface area (Å²) >= 11 is 12.8. The molecule has 0 saturated heterocycles.